The third kappa shape index (κ3) is 71.1. The number of hydrogen-bond acceptors (Lipinski definition) is 15. The maximum absolute atomic E-state index is 13.1. The van der Waals surface area contributed by atoms with E-state index < -0.39 is 97.5 Å². The van der Waals surface area contributed by atoms with Crippen molar-refractivity contribution in [3.05, 3.63) is 0 Å². The number of phosphoric acid groups is 2. The molecule has 98 heavy (non-hydrogen) atoms. The average molecular weight is 1440 g/mol. The number of phosphoric ester groups is 2. The van der Waals surface area contributed by atoms with E-state index in [2.05, 4.69) is 41.5 Å². The molecule has 0 rings (SSSR count). The molecule has 0 fully saturated rings. The summed E-state index contributed by atoms with van der Waals surface area (Å²) in [6, 6.07) is 0. The summed E-state index contributed by atoms with van der Waals surface area (Å²) >= 11 is 0. The molecule has 0 saturated heterocycles. The summed E-state index contributed by atoms with van der Waals surface area (Å²) in [7, 11) is -9.92. The molecular weight excluding hydrogens is 1280 g/mol. The van der Waals surface area contributed by atoms with Crippen molar-refractivity contribution in [2.24, 2.45) is 11.8 Å². The molecule has 17 nitrogen and oxygen atoms in total. The van der Waals surface area contributed by atoms with Gasteiger partial charge in [0.15, 0.2) is 12.2 Å². The van der Waals surface area contributed by atoms with E-state index in [9.17, 15) is 43.2 Å². The highest BCUT2D eigenvalue weighted by Crippen LogP contribution is 2.45. The Morgan fingerprint density at radius 3 is 0.776 bits per heavy atom. The van der Waals surface area contributed by atoms with Crippen LogP contribution >= 0.6 is 15.6 Å². The van der Waals surface area contributed by atoms with Crippen LogP contribution in [0.1, 0.15) is 414 Å². The van der Waals surface area contributed by atoms with Crippen molar-refractivity contribution in [2.75, 3.05) is 39.6 Å². The molecule has 0 aromatic rings. The lowest BCUT2D eigenvalue weighted by Gasteiger charge is -2.21. The third-order valence-electron chi connectivity index (χ3n) is 18.8. The highest BCUT2D eigenvalue weighted by molar-refractivity contribution is 7.47. The Hall–Kier alpha value is -1.94. The molecule has 0 aliphatic rings. The molecule has 0 amide bonds. The number of rotatable bonds is 78. The van der Waals surface area contributed by atoms with Crippen molar-refractivity contribution in [3.63, 3.8) is 0 Å². The summed E-state index contributed by atoms with van der Waals surface area (Å²) in [5, 5.41) is 10.6. The van der Waals surface area contributed by atoms with Gasteiger partial charge in [-0.15, -0.1) is 0 Å². The van der Waals surface area contributed by atoms with Crippen LogP contribution in [0, 0.1) is 11.8 Å². The van der Waals surface area contributed by atoms with Gasteiger partial charge in [-0.1, -0.05) is 363 Å². The Bertz CT molecular complexity index is 1890. The Kier molecular flexibility index (Phi) is 69.3. The summed E-state index contributed by atoms with van der Waals surface area (Å²) in [5.74, 6) is -0.560. The van der Waals surface area contributed by atoms with Crippen molar-refractivity contribution >= 4 is 39.5 Å². The lowest BCUT2D eigenvalue weighted by molar-refractivity contribution is -0.161. The average Bonchev–Trinajstić information content (AvgIpc) is 0.932. The first-order valence-electron chi connectivity index (χ1n) is 41.0. The van der Waals surface area contributed by atoms with Crippen LogP contribution in [0.2, 0.25) is 0 Å². The monoisotopic (exact) mass is 1440 g/mol. The Balaban J connectivity index is 5.24. The predicted molar refractivity (Wildman–Crippen MR) is 400 cm³/mol. The van der Waals surface area contributed by atoms with Gasteiger partial charge in [0.05, 0.1) is 26.4 Å². The van der Waals surface area contributed by atoms with Gasteiger partial charge in [-0.05, 0) is 37.5 Å². The second kappa shape index (κ2) is 70.7. The quantitative estimate of drug-likeness (QED) is 0.0222. The van der Waals surface area contributed by atoms with Crippen LogP contribution in [0.3, 0.4) is 0 Å². The number of aliphatic hydroxyl groups is 1. The topological polar surface area (TPSA) is 237 Å². The summed E-state index contributed by atoms with van der Waals surface area (Å²) in [5.41, 5.74) is 0. The molecule has 0 radical (unpaired) electrons. The van der Waals surface area contributed by atoms with Crippen molar-refractivity contribution in [1.29, 1.82) is 0 Å². The SMILES string of the molecule is CCCCCCCCCCCCCCCCCCCC(=O)OC[C@H](COP(=O)(O)OC[C@@H](O)COP(=O)(O)OC[C@@H](COC(=O)CCCCCCCCCC(C)C)OC(=O)CCCCCCCCCCCCCCC)OC(=O)CCCCCCCCCCCCCCCCC(C)CC. The summed E-state index contributed by atoms with van der Waals surface area (Å²) in [4.78, 5) is 72.9. The molecule has 582 valence electrons. The first-order valence-corrected chi connectivity index (χ1v) is 44.0. The summed E-state index contributed by atoms with van der Waals surface area (Å²) < 4.78 is 68.6. The van der Waals surface area contributed by atoms with Gasteiger partial charge in [0.25, 0.3) is 0 Å². The number of hydrogen-bond donors (Lipinski definition) is 3. The number of esters is 4. The number of carbonyl (C=O) groups excluding carboxylic acids is 4. The normalized spacial score (nSPS) is 14.2. The smallest absolute Gasteiger partial charge is 0.462 e. The lowest BCUT2D eigenvalue weighted by atomic mass is 9.99. The standard InChI is InChI=1S/C79H154O17P2/c1-7-10-12-14-16-18-20-22-23-24-25-30-33-37-43-49-55-61-76(81)89-67-74(95-79(84)64-58-52-45-39-35-31-27-26-29-32-36-42-48-54-60-72(6)9-3)69-93-97(85,86)91-65-73(80)66-92-98(87,88)94-70-75(68-90-77(82)62-56-50-46-40-41-47-53-59-71(4)5)96-78(83)63-57-51-44-38-34-28-21-19-17-15-13-11-8-2/h71-75,80H,7-70H2,1-6H3,(H,85,86)(H,87,88)/t72?,73-,74-,75-/m1/s1. The highest BCUT2D eigenvalue weighted by Gasteiger charge is 2.30. The number of carbonyl (C=O) groups is 4. The van der Waals surface area contributed by atoms with E-state index in [1.54, 1.807) is 0 Å². The van der Waals surface area contributed by atoms with Gasteiger partial charge in [0.2, 0.25) is 0 Å². The van der Waals surface area contributed by atoms with Crippen LogP contribution in [0.5, 0.6) is 0 Å². The Morgan fingerprint density at radius 2 is 0.520 bits per heavy atom. The molecule has 3 N–H and O–H groups in total. The van der Waals surface area contributed by atoms with Crippen LogP contribution in [0.4, 0.5) is 0 Å². The molecule has 0 aromatic heterocycles. The Morgan fingerprint density at radius 1 is 0.296 bits per heavy atom. The highest BCUT2D eigenvalue weighted by atomic mass is 31.2. The van der Waals surface area contributed by atoms with E-state index >= 15 is 0 Å². The fourth-order valence-electron chi connectivity index (χ4n) is 12.2. The van der Waals surface area contributed by atoms with Gasteiger partial charge in [0, 0.05) is 25.7 Å². The zero-order chi connectivity index (χ0) is 72.1. The van der Waals surface area contributed by atoms with Crippen molar-refractivity contribution in [1.82, 2.24) is 0 Å². The molecule has 0 bridgehead atoms. The molecule has 0 spiro atoms. The molecule has 0 aliphatic carbocycles. The van der Waals surface area contributed by atoms with Crippen LogP contribution < -0.4 is 0 Å². The molecule has 0 aliphatic heterocycles. The van der Waals surface area contributed by atoms with Gasteiger partial charge in [-0.3, -0.25) is 37.3 Å². The van der Waals surface area contributed by atoms with E-state index in [0.29, 0.717) is 31.6 Å². The zero-order valence-electron chi connectivity index (χ0n) is 64.1. The molecule has 0 aromatic carbocycles. The molecule has 0 heterocycles. The largest absolute Gasteiger partial charge is 0.472 e. The van der Waals surface area contributed by atoms with Crippen LogP contribution in [-0.2, 0) is 65.4 Å². The van der Waals surface area contributed by atoms with E-state index in [0.717, 1.165) is 102 Å². The minimum absolute atomic E-state index is 0.107. The van der Waals surface area contributed by atoms with E-state index in [1.165, 1.54) is 225 Å². The maximum atomic E-state index is 13.1. The first kappa shape index (κ1) is 96.1. The fourth-order valence-corrected chi connectivity index (χ4v) is 13.7. The predicted octanol–water partition coefficient (Wildman–Crippen LogP) is 23.5. The molecular formula is C79H154O17P2. The van der Waals surface area contributed by atoms with Gasteiger partial charge in [0.1, 0.15) is 19.3 Å². The molecule has 3 unspecified atom stereocenters. The minimum atomic E-state index is -4.96. The summed E-state index contributed by atoms with van der Waals surface area (Å²) in [6.07, 6.45) is 59.6. The van der Waals surface area contributed by atoms with Gasteiger partial charge in [-0.25, -0.2) is 9.13 Å². The van der Waals surface area contributed by atoms with Crippen LogP contribution in [0.15, 0.2) is 0 Å². The van der Waals surface area contributed by atoms with E-state index in [-0.39, 0.29) is 25.7 Å². The second-order valence-corrected chi connectivity index (χ2v) is 32.1. The summed E-state index contributed by atoms with van der Waals surface area (Å²) in [6.45, 7) is 9.62. The van der Waals surface area contributed by atoms with E-state index in [4.69, 9.17) is 37.0 Å². The number of ether oxygens (including phenoxy) is 4. The van der Waals surface area contributed by atoms with Gasteiger partial charge < -0.3 is 33.8 Å². The zero-order valence-corrected chi connectivity index (χ0v) is 65.9. The molecule has 19 heteroatoms. The maximum Gasteiger partial charge on any atom is 0.472 e. The molecule has 0 saturated carbocycles. The van der Waals surface area contributed by atoms with Crippen molar-refractivity contribution in [2.45, 2.75) is 432 Å². The van der Waals surface area contributed by atoms with Gasteiger partial charge >= 0.3 is 39.5 Å². The third-order valence-corrected chi connectivity index (χ3v) is 20.7. The van der Waals surface area contributed by atoms with Crippen LogP contribution in [0.25, 0.3) is 0 Å². The van der Waals surface area contributed by atoms with Crippen molar-refractivity contribution < 1.29 is 80.2 Å². The van der Waals surface area contributed by atoms with Crippen molar-refractivity contribution in [3.8, 4) is 0 Å². The number of unbranched alkanes of at least 4 members (excludes halogenated alkanes) is 47. The fraction of sp³-hybridized carbons (Fsp3) is 0.949. The Labute approximate surface area is 600 Å². The minimum Gasteiger partial charge on any atom is -0.462 e. The second-order valence-electron chi connectivity index (χ2n) is 29.2. The van der Waals surface area contributed by atoms with Gasteiger partial charge in [-0.2, -0.15) is 0 Å². The molecule has 6 atom stereocenters. The first-order chi connectivity index (χ1) is 47.4. The lowest BCUT2D eigenvalue weighted by Crippen LogP contribution is -2.30. The van der Waals surface area contributed by atoms with Crippen LogP contribution in [-0.4, -0.2) is 96.7 Å². The number of aliphatic hydroxyl groups excluding tert-OH is 1. The van der Waals surface area contributed by atoms with E-state index in [1.807, 2.05) is 0 Å².